The average Bonchev–Trinajstić information content (AvgIpc) is 3.47. The minimum absolute atomic E-state index is 0.143. The zero-order valence-electron chi connectivity index (χ0n) is 22.2. The van der Waals surface area contributed by atoms with E-state index in [0.29, 0.717) is 25.8 Å². The van der Waals surface area contributed by atoms with Crippen LogP contribution in [0.4, 0.5) is 0 Å². The van der Waals surface area contributed by atoms with Gasteiger partial charge in [0.05, 0.1) is 30.1 Å². The first-order valence-corrected chi connectivity index (χ1v) is 13.5. The molecule has 2 bridgehead atoms. The number of hydrogen-bond donors (Lipinski definition) is 3. The van der Waals surface area contributed by atoms with Gasteiger partial charge in [0.25, 0.3) is 0 Å². The zero-order chi connectivity index (χ0) is 27.1. The van der Waals surface area contributed by atoms with Gasteiger partial charge < -0.3 is 25.4 Å². The number of carbonyl (C=O) groups excluding carboxylic acids is 3. The van der Waals surface area contributed by atoms with Crippen molar-refractivity contribution in [2.75, 3.05) is 6.61 Å². The molecule has 202 valence electrons. The molecular weight excluding hydrogens is 482 g/mol. The minimum atomic E-state index is -1.12. The van der Waals surface area contributed by atoms with E-state index in [9.17, 15) is 19.5 Å². The van der Waals surface area contributed by atoms with Crippen LogP contribution in [-0.2, 0) is 32.1 Å². The highest BCUT2D eigenvalue weighted by Crippen LogP contribution is 2.63. The Morgan fingerprint density at radius 1 is 1.03 bits per heavy atom. The second kappa shape index (κ2) is 10.2. The summed E-state index contributed by atoms with van der Waals surface area (Å²) in [7, 11) is 0. The second-order valence-electron chi connectivity index (χ2n) is 11.4. The summed E-state index contributed by atoms with van der Waals surface area (Å²) in [5, 5.41) is 16.5. The highest BCUT2D eigenvalue weighted by Gasteiger charge is 2.78. The number of amides is 3. The van der Waals surface area contributed by atoms with Gasteiger partial charge in [0.2, 0.25) is 17.7 Å². The van der Waals surface area contributed by atoms with Gasteiger partial charge in [-0.05, 0) is 51.2 Å². The predicted octanol–water partition coefficient (Wildman–Crippen LogP) is 2.20. The van der Waals surface area contributed by atoms with Gasteiger partial charge in [0, 0.05) is 12.6 Å². The first-order chi connectivity index (χ1) is 18.2. The van der Waals surface area contributed by atoms with Gasteiger partial charge in [-0.3, -0.25) is 14.4 Å². The number of ether oxygens (including phenoxy) is 1. The van der Waals surface area contributed by atoms with Crippen molar-refractivity contribution in [1.82, 2.24) is 15.5 Å². The summed E-state index contributed by atoms with van der Waals surface area (Å²) in [6, 6.07) is 17.5. The van der Waals surface area contributed by atoms with E-state index in [0.717, 1.165) is 11.1 Å². The van der Waals surface area contributed by atoms with E-state index in [1.54, 1.807) is 0 Å². The highest BCUT2D eigenvalue weighted by atomic mass is 16.5. The molecule has 3 saturated heterocycles. The van der Waals surface area contributed by atoms with E-state index in [-0.39, 0.29) is 30.4 Å². The van der Waals surface area contributed by atoms with Crippen LogP contribution in [0.5, 0.6) is 0 Å². The van der Waals surface area contributed by atoms with Crippen LogP contribution in [0, 0.1) is 11.8 Å². The number of hydrogen-bond acceptors (Lipinski definition) is 5. The topological polar surface area (TPSA) is 108 Å². The zero-order valence-corrected chi connectivity index (χ0v) is 22.2. The fraction of sp³-hybridized carbons (Fsp3) is 0.500. The normalized spacial score (nSPS) is 30.4. The number of aliphatic hydroxyl groups excluding tert-OH is 1. The molecular formula is C30H37N3O5. The van der Waals surface area contributed by atoms with Crippen molar-refractivity contribution in [3.05, 3.63) is 71.8 Å². The molecule has 5 rings (SSSR count). The Morgan fingerprint density at radius 2 is 1.66 bits per heavy atom. The van der Waals surface area contributed by atoms with Crippen molar-refractivity contribution in [2.24, 2.45) is 11.8 Å². The molecule has 3 amide bonds. The van der Waals surface area contributed by atoms with Gasteiger partial charge in [-0.1, -0.05) is 60.7 Å². The number of rotatable bonds is 9. The first kappa shape index (κ1) is 26.4. The van der Waals surface area contributed by atoms with Crippen LogP contribution in [0.15, 0.2) is 60.7 Å². The summed E-state index contributed by atoms with van der Waals surface area (Å²) in [4.78, 5) is 43.2. The van der Waals surface area contributed by atoms with Crippen LogP contribution in [0.2, 0.25) is 0 Å². The summed E-state index contributed by atoms with van der Waals surface area (Å²) in [5.41, 5.74) is -0.0609. The third-order valence-corrected chi connectivity index (χ3v) is 8.40. The molecule has 2 unspecified atom stereocenters. The third kappa shape index (κ3) is 4.39. The van der Waals surface area contributed by atoms with E-state index in [1.165, 1.54) is 4.90 Å². The van der Waals surface area contributed by atoms with Gasteiger partial charge in [-0.2, -0.15) is 0 Å². The summed E-state index contributed by atoms with van der Waals surface area (Å²) in [6.07, 6.45) is 1.46. The predicted molar refractivity (Wildman–Crippen MR) is 142 cm³/mol. The summed E-state index contributed by atoms with van der Waals surface area (Å²) >= 11 is 0. The van der Waals surface area contributed by atoms with E-state index in [1.807, 2.05) is 81.4 Å². The fourth-order valence-corrected chi connectivity index (χ4v) is 6.85. The molecule has 3 aliphatic heterocycles. The maximum Gasteiger partial charge on any atom is 0.246 e. The van der Waals surface area contributed by atoms with Crippen LogP contribution >= 0.6 is 0 Å². The Kier molecular flexibility index (Phi) is 7.05. The van der Waals surface area contributed by atoms with Crippen molar-refractivity contribution >= 4 is 17.7 Å². The van der Waals surface area contributed by atoms with E-state index in [4.69, 9.17) is 4.74 Å². The van der Waals surface area contributed by atoms with Crippen molar-refractivity contribution in [2.45, 2.75) is 75.9 Å². The van der Waals surface area contributed by atoms with Crippen LogP contribution < -0.4 is 10.6 Å². The monoisotopic (exact) mass is 519 g/mol. The number of carbonyl (C=O) groups is 3. The molecule has 3 fully saturated rings. The maximum absolute atomic E-state index is 14.3. The molecule has 1 spiro atoms. The Bertz CT molecular complexity index is 1190. The van der Waals surface area contributed by atoms with Crippen molar-refractivity contribution in [3.8, 4) is 0 Å². The Morgan fingerprint density at radius 3 is 2.26 bits per heavy atom. The van der Waals surface area contributed by atoms with Crippen LogP contribution in [-0.4, -0.2) is 63.7 Å². The molecule has 0 radical (unpaired) electrons. The van der Waals surface area contributed by atoms with Crippen LogP contribution in [0.25, 0.3) is 0 Å². The van der Waals surface area contributed by atoms with Crippen molar-refractivity contribution < 1.29 is 24.2 Å². The number of aliphatic hydroxyl groups is 1. The number of nitrogens with one attached hydrogen (secondary N) is 2. The molecule has 8 heteroatoms. The minimum Gasteiger partial charge on any atom is -0.394 e. The molecule has 0 aliphatic carbocycles. The molecule has 2 aromatic rings. The van der Waals surface area contributed by atoms with E-state index in [2.05, 4.69) is 10.6 Å². The maximum atomic E-state index is 14.3. The summed E-state index contributed by atoms with van der Waals surface area (Å²) in [6.45, 7) is 5.66. The van der Waals surface area contributed by atoms with E-state index < -0.39 is 35.1 Å². The Hall–Kier alpha value is -3.23. The molecule has 38 heavy (non-hydrogen) atoms. The number of benzene rings is 2. The van der Waals surface area contributed by atoms with Gasteiger partial charge >= 0.3 is 0 Å². The average molecular weight is 520 g/mol. The Labute approximate surface area is 223 Å². The molecule has 0 aromatic heterocycles. The number of likely N-dealkylation sites (tertiary alicyclic amines) is 1. The molecule has 0 saturated carbocycles. The lowest BCUT2D eigenvalue weighted by molar-refractivity contribution is -0.149. The second-order valence-corrected chi connectivity index (χ2v) is 11.4. The highest BCUT2D eigenvalue weighted by molar-refractivity contribution is 5.99. The molecule has 8 nitrogen and oxygen atoms in total. The largest absolute Gasteiger partial charge is 0.394 e. The Balaban J connectivity index is 1.49. The molecule has 3 heterocycles. The van der Waals surface area contributed by atoms with E-state index >= 15 is 0 Å². The SMILES string of the molecule is CC(C)NC(=O)C1N([C@@H](CO)Cc2ccccc2)C(=O)[C@@H]2[C@@H](C(=O)NCc3ccccc3)[C@@]3(C)CCC12O3. The quantitative estimate of drug-likeness (QED) is 0.471. The lowest BCUT2D eigenvalue weighted by atomic mass is 9.66. The lowest BCUT2D eigenvalue weighted by Crippen LogP contribution is -2.59. The van der Waals surface area contributed by atoms with Crippen LogP contribution in [0.1, 0.15) is 44.7 Å². The lowest BCUT2D eigenvalue weighted by Gasteiger charge is -2.37. The van der Waals surface area contributed by atoms with Gasteiger partial charge in [-0.15, -0.1) is 0 Å². The van der Waals surface area contributed by atoms with Gasteiger partial charge in [0.15, 0.2) is 0 Å². The van der Waals surface area contributed by atoms with Gasteiger partial charge in [0.1, 0.15) is 11.6 Å². The number of nitrogens with zero attached hydrogens (tertiary/aromatic N) is 1. The number of fused-ring (bicyclic) bond motifs is 1. The fourth-order valence-electron chi connectivity index (χ4n) is 6.85. The molecule has 6 atom stereocenters. The summed E-state index contributed by atoms with van der Waals surface area (Å²) < 4.78 is 6.65. The standard InChI is InChI=1S/C30H37N3O5/c1-19(2)32-27(36)25-30-15-14-29(3,38-30)23(26(35)31-17-21-12-8-5-9-13-21)24(30)28(37)33(25)22(18-34)16-20-10-6-4-7-11-20/h4-13,19,22-25,34H,14-18H2,1-3H3,(H,31,35)(H,32,36)/t22-,23+,24+,25?,29-,30?/m1/s1. The molecule has 3 aliphatic rings. The first-order valence-electron chi connectivity index (χ1n) is 13.5. The van der Waals surface area contributed by atoms with Crippen LogP contribution in [0.3, 0.4) is 0 Å². The molecule has 2 aromatic carbocycles. The molecule has 3 N–H and O–H groups in total. The van der Waals surface area contributed by atoms with Gasteiger partial charge in [-0.25, -0.2) is 0 Å². The van der Waals surface area contributed by atoms with Crippen molar-refractivity contribution in [3.63, 3.8) is 0 Å². The summed E-state index contributed by atoms with van der Waals surface area (Å²) in [5.74, 6) is -2.39. The van der Waals surface area contributed by atoms with Crippen molar-refractivity contribution in [1.29, 1.82) is 0 Å². The smallest absolute Gasteiger partial charge is 0.246 e. The third-order valence-electron chi connectivity index (χ3n) is 8.40.